The second-order valence-corrected chi connectivity index (χ2v) is 7.36. The Morgan fingerprint density at radius 2 is 1.93 bits per heavy atom. The first-order chi connectivity index (χ1) is 13.5. The average molecular weight is 438 g/mol. The third-order valence-corrected chi connectivity index (χ3v) is 5.63. The van der Waals surface area contributed by atoms with Crippen molar-refractivity contribution in [3.05, 3.63) is 57.2 Å². The van der Waals surface area contributed by atoms with E-state index < -0.39 is 5.43 Å². The summed E-state index contributed by atoms with van der Waals surface area (Å²) in [5.41, 5.74) is 0.742. The van der Waals surface area contributed by atoms with Gasteiger partial charge in [0.05, 0.1) is 5.02 Å². The van der Waals surface area contributed by atoms with Gasteiger partial charge in [-0.25, -0.2) is 0 Å². The summed E-state index contributed by atoms with van der Waals surface area (Å²) < 4.78 is 6.05. The van der Waals surface area contributed by atoms with Crippen LogP contribution >= 0.6 is 24.0 Å². The Balaban J connectivity index is 0.00000240. The van der Waals surface area contributed by atoms with Crippen LogP contribution in [0.3, 0.4) is 0 Å². The molecular weight excluding hydrogens is 417 g/mol. The van der Waals surface area contributed by atoms with Gasteiger partial charge in [-0.2, -0.15) is 0 Å². The lowest BCUT2D eigenvalue weighted by atomic mass is 9.88. The number of hydrogen-bond acceptors (Lipinski definition) is 6. The number of phenols is 2. The van der Waals surface area contributed by atoms with Crippen molar-refractivity contribution >= 4 is 35.0 Å². The number of halogens is 2. The second kappa shape index (κ2) is 8.63. The van der Waals surface area contributed by atoms with Crippen molar-refractivity contribution in [3.8, 4) is 22.8 Å². The van der Waals surface area contributed by atoms with Gasteiger partial charge in [-0.05, 0) is 31.5 Å². The summed E-state index contributed by atoms with van der Waals surface area (Å²) in [6.07, 6.45) is 1.21. The van der Waals surface area contributed by atoms with Gasteiger partial charge < -0.3 is 25.1 Å². The zero-order valence-corrected chi connectivity index (χ0v) is 17.0. The van der Waals surface area contributed by atoms with Gasteiger partial charge in [-0.15, -0.1) is 12.4 Å². The van der Waals surface area contributed by atoms with Crippen molar-refractivity contribution in [1.82, 2.24) is 5.32 Å². The first kappa shape index (κ1) is 21.5. The van der Waals surface area contributed by atoms with Crippen LogP contribution in [-0.2, 0) is 0 Å². The van der Waals surface area contributed by atoms with Crippen LogP contribution in [0.25, 0.3) is 22.3 Å². The third-order valence-electron chi connectivity index (χ3n) is 5.30. The Kier molecular flexibility index (Phi) is 6.39. The van der Waals surface area contributed by atoms with E-state index in [-0.39, 0.29) is 59.2 Å². The van der Waals surface area contributed by atoms with Crippen LogP contribution in [0.1, 0.15) is 24.3 Å². The van der Waals surface area contributed by atoms with Crippen LogP contribution in [-0.4, -0.2) is 34.5 Å². The van der Waals surface area contributed by atoms with Gasteiger partial charge in [0.2, 0.25) is 0 Å². The zero-order valence-electron chi connectivity index (χ0n) is 15.4. The quantitative estimate of drug-likeness (QED) is 0.495. The van der Waals surface area contributed by atoms with Gasteiger partial charge >= 0.3 is 0 Å². The van der Waals surface area contributed by atoms with E-state index in [0.29, 0.717) is 35.5 Å². The van der Waals surface area contributed by atoms with Gasteiger partial charge in [0.15, 0.2) is 5.43 Å². The van der Waals surface area contributed by atoms with Crippen LogP contribution in [0.2, 0.25) is 5.02 Å². The number of aliphatic hydroxyl groups is 1. The molecule has 2 atom stereocenters. The minimum Gasteiger partial charge on any atom is -0.507 e. The standard InChI is InChI=1S/C21H20ClNO5.ClH/c22-13-4-2-1-3-11(13)18-10-17(27)20-16(26)9-15(25)19(21(20)28-18)12-5-7-23-14(12)6-8-24;/h1-4,9-10,12,14,23-26H,5-8H2;1H/t12-,14+;/m1./s1. The normalized spacial score (nSPS) is 18.7. The molecule has 29 heavy (non-hydrogen) atoms. The molecule has 0 bridgehead atoms. The van der Waals surface area contributed by atoms with E-state index in [9.17, 15) is 20.1 Å². The SMILES string of the molecule is Cl.O=c1cc(-c2ccccc2Cl)oc2c([C@@H]3CCN[C@H]3CCO)c(O)cc(O)c12. The van der Waals surface area contributed by atoms with Crippen LogP contribution < -0.4 is 10.7 Å². The van der Waals surface area contributed by atoms with Gasteiger partial charge in [-0.1, -0.05) is 23.7 Å². The maximum atomic E-state index is 12.8. The molecule has 4 rings (SSSR count). The Labute approximate surface area is 178 Å². The predicted molar refractivity (Wildman–Crippen MR) is 114 cm³/mol. The van der Waals surface area contributed by atoms with Crippen molar-refractivity contribution in [2.45, 2.75) is 24.8 Å². The zero-order chi connectivity index (χ0) is 19.8. The number of nitrogens with one attached hydrogen (secondary N) is 1. The lowest BCUT2D eigenvalue weighted by Gasteiger charge is -2.21. The molecule has 1 fully saturated rings. The summed E-state index contributed by atoms with van der Waals surface area (Å²) >= 11 is 6.26. The molecule has 0 saturated carbocycles. The van der Waals surface area contributed by atoms with E-state index >= 15 is 0 Å². The molecule has 8 heteroatoms. The van der Waals surface area contributed by atoms with Gasteiger partial charge in [-0.3, -0.25) is 4.79 Å². The van der Waals surface area contributed by atoms with Crippen LogP contribution in [0.4, 0.5) is 0 Å². The average Bonchev–Trinajstić information content (AvgIpc) is 3.09. The molecule has 1 saturated heterocycles. The molecule has 1 aromatic heterocycles. The fourth-order valence-corrected chi connectivity index (χ4v) is 4.26. The fraction of sp³-hybridized carbons (Fsp3) is 0.286. The summed E-state index contributed by atoms with van der Waals surface area (Å²) in [6, 6.07) is 9.39. The summed E-state index contributed by atoms with van der Waals surface area (Å²) in [6.45, 7) is 0.714. The molecule has 0 spiro atoms. The highest BCUT2D eigenvalue weighted by Crippen LogP contribution is 2.43. The molecule has 3 aromatic rings. The summed E-state index contributed by atoms with van der Waals surface area (Å²) in [5, 5.41) is 34.0. The smallest absolute Gasteiger partial charge is 0.197 e. The molecule has 0 aliphatic carbocycles. The summed E-state index contributed by atoms with van der Waals surface area (Å²) in [4.78, 5) is 12.8. The summed E-state index contributed by atoms with van der Waals surface area (Å²) in [5.74, 6) is -0.375. The fourth-order valence-electron chi connectivity index (χ4n) is 4.03. The van der Waals surface area contributed by atoms with Gasteiger partial charge in [0.1, 0.15) is 28.2 Å². The molecule has 0 radical (unpaired) electrons. The Hall–Kier alpha value is -2.25. The molecule has 1 aliphatic heterocycles. The lowest BCUT2D eigenvalue weighted by molar-refractivity contribution is 0.265. The Morgan fingerprint density at radius 1 is 1.17 bits per heavy atom. The van der Waals surface area contributed by atoms with Crippen molar-refractivity contribution in [2.75, 3.05) is 13.2 Å². The van der Waals surface area contributed by atoms with E-state index in [0.717, 1.165) is 0 Å². The largest absolute Gasteiger partial charge is 0.507 e. The highest BCUT2D eigenvalue weighted by atomic mass is 35.5. The highest BCUT2D eigenvalue weighted by Gasteiger charge is 2.33. The van der Waals surface area contributed by atoms with Crippen molar-refractivity contribution in [3.63, 3.8) is 0 Å². The number of rotatable bonds is 4. The predicted octanol–water partition coefficient (Wildman–Crippen LogP) is 3.77. The van der Waals surface area contributed by atoms with E-state index in [1.54, 1.807) is 24.3 Å². The Morgan fingerprint density at radius 3 is 2.66 bits per heavy atom. The number of phenolic OH excluding ortho intramolecular Hbond substituents is 2. The minimum atomic E-state index is -0.417. The van der Waals surface area contributed by atoms with Crippen LogP contribution in [0.5, 0.6) is 11.5 Å². The summed E-state index contributed by atoms with van der Waals surface area (Å²) in [7, 11) is 0. The first-order valence-corrected chi connectivity index (χ1v) is 9.51. The molecular formula is C21H21Cl2NO5. The second-order valence-electron chi connectivity index (χ2n) is 6.96. The van der Waals surface area contributed by atoms with Crippen molar-refractivity contribution < 1.29 is 19.7 Å². The van der Waals surface area contributed by atoms with Crippen LogP contribution in [0.15, 0.2) is 45.6 Å². The molecule has 154 valence electrons. The maximum Gasteiger partial charge on any atom is 0.197 e. The molecule has 4 N–H and O–H groups in total. The number of fused-ring (bicyclic) bond motifs is 1. The van der Waals surface area contributed by atoms with Gasteiger partial charge in [0.25, 0.3) is 0 Å². The van der Waals surface area contributed by atoms with E-state index in [1.807, 2.05) is 0 Å². The minimum absolute atomic E-state index is 0. The van der Waals surface area contributed by atoms with Gasteiger partial charge in [0, 0.05) is 41.8 Å². The molecule has 0 amide bonds. The Bertz CT molecular complexity index is 1100. The topological polar surface area (TPSA) is 103 Å². The lowest BCUT2D eigenvalue weighted by Crippen LogP contribution is -2.27. The number of aromatic hydroxyl groups is 2. The van der Waals surface area contributed by atoms with E-state index in [4.69, 9.17) is 16.0 Å². The molecule has 0 unspecified atom stereocenters. The molecule has 2 heterocycles. The van der Waals surface area contributed by atoms with Crippen molar-refractivity contribution in [1.29, 1.82) is 0 Å². The maximum absolute atomic E-state index is 12.8. The monoisotopic (exact) mass is 437 g/mol. The number of hydrogen-bond donors (Lipinski definition) is 4. The molecule has 2 aromatic carbocycles. The molecule has 1 aliphatic rings. The van der Waals surface area contributed by atoms with Crippen LogP contribution in [0, 0.1) is 0 Å². The number of benzene rings is 2. The molecule has 6 nitrogen and oxygen atoms in total. The van der Waals surface area contributed by atoms with Crippen molar-refractivity contribution in [2.24, 2.45) is 0 Å². The van der Waals surface area contributed by atoms with E-state index in [1.165, 1.54) is 12.1 Å². The highest BCUT2D eigenvalue weighted by molar-refractivity contribution is 6.33. The number of aliphatic hydroxyl groups excluding tert-OH is 1. The van der Waals surface area contributed by atoms with E-state index in [2.05, 4.69) is 5.32 Å². The first-order valence-electron chi connectivity index (χ1n) is 9.13. The third kappa shape index (κ3) is 3.81.